The maximum absolute atomic E-state index is 5.57. The standard InChI is InChI=1S/C17H14BrN3S/c1-12-14(11-19-16-10-6-5-9-15(16)18)17(22)21(20-12)13-7-3-2-4-8-13/h2-11,20H,1H3. The molecule has 5 heteroatoms. The number of aromatic amines is 1. The molecule has 1 N–H and O–H groups in total. The Kier molecular flexibility index (Phi) is 4.36. The quantitative estimate of drug-likeness (QED) is 0.488. The third kappa shape index (κ3) is 2.96. The summed E-state index contributed by atoms with van der Waals surface area (Å²) in [6.45, 7) is 2.00. The molecule has 2 aromatic carbocycles. The largest absolute Gasteiger partial charge is 0.297 e. The molecule has 1 heterocycles. The van der Waals surface area contributed by atoms with Gasteiger partial charge >= 0.3 is 0 Å². The van der Waals surface area contributed by atoms with Gasteiger partial charge in [0.05, 0.1) is 16.9 Å². The Hall–Kier alpha value is -1.98. The van der Waals surface area contributed by atoms with Crippen molar-refractivity contribution in [2.75, 3.05) is 0 Å². The predicted molar refractivity (Wildman–Crippen MR) is 97.1 cm³/mol. The van der Waals surface area contributed by atoms with Crippen molar-refractivity contribution >= 4 is 40.0 Å². The van der Waals surface area contributed by atoms with E-state index in [2.05, 4.69) is 26.0 Å². The van der Waals surface area contributed by atoms with E-state index in [1.54, 1.807) is 0 Å². The van der Waals surface area contributed by atoms with Gasteiger partial charge in [-0.2, -0.15) is 0 Å². The number of nitrogens with zero attached hydrogens (tertiary/aromatic N) is 2. The van der Waals surface area contributed by atoms with Gasteiger partial charge in [0.1, 0.15) is 4.64 Å². The fraction of sp³-hybridized carbons (Fsp3) is 0.0588. The van der Waals surface area contributed by atoms with Gasteiger partial charge in [-0.25, -0.2) is 4.68 Å². The van der Waals surface area contributed by atoms with Crippen molar-refractivity contribution in [3.05, 3.63) is 75.0 Å². The SMILES string of the molecule is Cc1[nH]n(-c2ccccc2)c(=S)c1C=Nc1ccccc1Br. The van der Waals surface area contributed by atoms with Crippen LogP contribution in [0.2, 0.25) is 0 Å². The van der Waals surface area contributed by atoms with Crippen LogP contribution in [-0.2, 0) is 0 Å². The van der Waals surface area contributed by atoms with Crippen LogP contribution >= 0.6 is 28.1 Å². The normalized spacial score (nSPS) is 11.2. The number of hydrogen-bond acceptors (Lipinski definition) is 2. The first kappa shape index (κ1) is 14.9. The van der Waals surface area contributed by atoms with Gasteiger partial charge in [-0.1, -0.05) is 42.5 Å². The zero-order valence-corrected chi connectivity index (χ0v) is 14.4. The number of hydrogen-bond donors (Lipinski definition) is 1. The van der Waals surface area contributed by atoms with Crippen LogP contribution in [0.4, 0.5) is 5.69 Å². The van der Waals surface area contributed by atoms with E-state index in [4.69, 9.17) is 12.2 Å². The van der Waals surface area contributed by atoms with Crippen LogP contribution in [0.3, 0.4) is 0 Å². The molecular formula is C17H14BrN3S. The number of aliphatic imine (C=N–C) groups is 1. The molecule has 0 aliphatic carbocycles. The summed E-state index contributed by atoms with van der Waals surface area (Å²) in [4.78, 5) is 4.53. The maximum atomic E-state index is 5.57. The third-order valence-corrected chi connectivity index (χ3v) is 4.39. The molecule has 1 aromatic heterocycles. The van der Waals surface area contributed by atoms with Gasteiger partial charge in [0.25, 0.3) is 0 Å². The zero-order valence-electron chi connectivity index (χ0n) is 12.0. The van der Waals surface area contributed by atoms with Crippen LogP contribution in [0.1, 0.15) is 11.3 Å². The van der Waals surface area contributed by atoms with Crippen molar-refractivity contribution in [2.45, 2.75) is 6.92 Å². The molecule has 3 aromatic rings. The Labute approximate surface area is 142 Å². The van der Waals surface area contributed by atoms with Gasteiger partial charge in [0.2, 0.25) is 0 Å². The monoisotopic (exact) mass is 371 g/mol. The van der Waals surface area contributed by atoms with Crippen LogP contribution < -0.4 is 0 Å². The van der Waals surface area contributed by atoms with Crippen molar-refractivity contribution in [1.82, 2.24) is 9.78 Å². The summed E-state index contributed by atoms with van der Waals surface area (Å²) in [5.74, 6) is 0. The third-order valence-electron chi connectivity index (χ3n) is 3.32. The molecule has 0 saturated carbocycles. The van der Waals surface area contributed by atoms with Gasteiger partial charge in [0, 0.05) is 16.4 Å². The number of benzene rings is 2. The fourth-order valence-corrected chi connectivity index (χ4v) is 2.90. The summed E-state index contributed by atoms with van der Waals surface area (Å²) >= 11 is 9.07. The minimum Gasteiger partial charge on any atom is -0.297 e. The Bertz CT molecular complexity index is 878. The lowest BCUT2D eigenvalue weighted by atomic mass is 10.3. The van der Waals surface area contributed by atoms with E-state index >= 15 is 0 Å². The van der Waals surface area contributed by atoms with Crippen molar-refractivity contribution in [2.24, 2.45) is 4.99 Å². The highest BCUT2D eigenvalue weighted by Gasteiger charge is 2.07. The second kappa shape index (κ2) is 6.42. The van der Waals surface area contributed by atoms with Crippen LogP contribution in [0.25, 0.3) is 5.69 Å². The van der Waals surface area contributed by atoms with Gasteiger partial charge in [0.15, 0.2) is 0 Å². The Morgan fingerprint density at radius 2 is 1.77 bits per heavy atom. The van der Waals surface area contributed by atoms with E-state index in [0.717, 1.165) is 31.7 Å². The Morgan fingerprint density at radius 1 is 1.09 bits per heavy atom. The lowest BCUT2D eigenvalue weighted by molar-refractivity contribution is 0.853. The first-order valence-electron chi connectivity index (χ1n) is 6.82. The first-order chi connectivity index (χ1) is 10.7. The van der Waals surface area contributed by atoms with Crippen LogP contribution in [0.5, 0.6) is 0 Å². The Balaban J connectivity index is 2.01. The number of rotatable bonds is 3. The minimum absolute atomic E-state index is 0.722. The van der Waals surface area contributed by atoms with Gasteiger partial charge < -0.3 is 0 Å². The Morgan fingerprint density at radius 3 is 2.50 bits per heavy atom. The number of H-pyrrole nitrogens is 1. The summed E-state index contributed by atoms with van der Waals surface area (Å²) in [5.41, 5.74) is 3.80. The number of halogens is 1. The first-order valence-corrected chi connectivity index (χ1v) is 8.02. The molecule has 22 heavy (non-hydrogen) atoms. The van der Waals surface area contributed by atoms with E-state index in [1.807, 2.05) is 72.4 Å². The number of nitrogens with one attached hydrogen (secondary N) is 1. The van der Waals surface area contributed by atoms with Crippen molar-refractivity contribution in [3.8, 4) is 5.69 Å². The minimum atomic E-state index is 0.722. The highest BCUT2D eigenvalue weighted by molar-refractivity contribution is 9.10. The predicted octanol–water partition coefficient (Wildman–Crippen LogP) is 5.36. The molecule has 0 saturated heterocycles. The van der Waals surface area contributed by atoms with Gasteiger partial charge in [-0.05, 0) is 47.1 Å². The molecule has 0 aliphatic rings. The topological polar surface area (TPSA) is 33.1 Å². The van der Waals surface area contributed by atoms with E-state index in [9.17, 15) is 0 Å². The smallest absolute Gasteiger partial charge is 0.136 e. The second-order valence-corrected chi connectivity index (χ2v) is 6.08. The number of aryl methyl sites for hydroxylation is 1. The van der Waals surface area contributed by atoms with Gasteiger partial charge in [-0.3, -0.25) is 10.1 Å². The van der Waals surface area contributed by atoms with Crippen molar-refractivity contribution < 1.29 is 0 Å². The lowest BCUT2D eigenvalue weighted by Gasteiger charge is -2.01. The van der Waals surface area contributed by atoms with Crippen LogP contribution in [0, 0.1) is 11.6 Å². The van der Waals surface area contributed by atoms with Crippen LogP contribution in [0.15, 0.2) is 64.1 Å². The summed E-state index contributed by atoms with van der Waals surface area (Å²) < 4.78 is 3.58. The van der Waals surface area contributed by atoms with E-state index in [-0.39, 0.29) is 0 Å². The molecule has 3 nitrogen and oxygen atoms in total. The fourth-order valence-electron chi connectivity index (χ4n) is 2.16. The molecule has 0 unspecified atom stereocenters. The molecule has 0 aliphatic heterocycles. The molecule has 0 radical (unpaired) electrons. The summed E-state index contributed by atoms with van der Waals surface area (Å²) in [6, 6.07) is 17.8. The second-order valence-electron chi connectivity index (χ2n) is 4.84. The molecule has 0 amide bonds. The summed E-state index contributed by atoms with van der Waals surface area (Å²) in [6.07, 6.45) is 1.81. The average Bonchev–Trinajstić information content (AvgIpc) is 2.82. The van der Waals surface area contributed by atoms with E-state index in [1.165, 1.54) is 0 Å². The molecule has 0 fully saturated rings. The molecule has 110 valence electrons. The van der Waals surface area contributed by atoms with E-state index < -0.39 is 0 Å². The molecular weight excluding hydrogens is 358 g/mol. The highest BCUT2D eigenvalue weighted by atomic mass is 79.9. The average molecular weight is 372 g/mol. The maximum Gasteiger partial charge on any atom is 0.136 e. The molecule has 3 rings (SSSR count). The zero-order chi connectivity index (χ0) is 15.5. The van der Waals surface area contributed by atoms with Crippen LogP contribution in [-0.4, -0.2) is 16.0 Å². The van der Waals surface area contributed by atoms with Crippen molar-refractivity contribution in [1.29, 1.82) is 0 Å². The van der Waals surface area contributed by atoms with E-state index in [0.29, 0.717) is 0 Å². The number of aromatic nitrogens is 2. The molecule has 0 spiro atoms. The number of para-hydroxylation sites is 2. The van der Waals surface area contributed by atoms with Gasteiger partial charge in [-0.15, -0.1) is 0 Å². The summed E-state index contributed by atoms with van der Waals surface area (Å²) in [5, 5.41) is 3.29. The molecule has 0 atom stereocenters. The summed E-state index contributed by atoms with van der Waals surface area (Å²) in [7, 11) is 0. The molecule has 0 bridgehead atoms. The highest BCUT2D eigenvalue weighted by Crippen LogP contribution is 2.24. The lowest BCUT2D eigenvalue weighted by Crippen LogP contribution is -1.95. The van der Waals surface area contributed by atoms with Crippen molar-refractivity contribution in [3.63, 3.8) is 0 Å².